The van der Waals surface area contributed by atoms with Crippen LogP contribution in [0.2, 0.25) is 0 Å². The molecular formula is C29H46O7. The van der Waals surface area contributed by atoms with E-state index >= 15 is 0 Å². The van der Waals surface area contributed by atoms with Gasteiger partial charge in [0.15, 0.2) is 0 Å². The first-order chi connectivity index (χ1) is 16.9. The van der Waals surface area contributed by atoms with Crippen molar-refractivity contribution in [2.75, 3.05) is 7.11 Å². The topological polar surface area (TPSA) is 99.1 Å². The third-order valence-corrected chi connectivity index (χ3v) is 11.3. The van der Waals surface area contributed by atoms with Gasteiger partial charge in [-0.3, -0.25) is 14.4 Å². The van der Waals surface area contributed by atoms with E-state index in [9.17, 15) is 19.5 Å². The molecule has 0 radical (unpaired) electrons. The Morgan fingerprint density at radius 1 is 0.944 bits per heavy atom. The van der Waals surface area contributed by atoms with Crippen molar-refractivity contribution >= 4 is 17.9 Å². The minimum absolute atomic E-state index is 0.0265. The lowest BCUT2D eigenvalue weighted by atomic mass is 9.43. The van der Waals surface area contributed by atoms with E-state index in [0.29, 0.717) is 31.1 Å². The second-order valence-electron chi connectivity index (χ2n) is 12.8. The summed E-state index contributed by atoms with van der Waals surface area (Å²) < 4.78 is 16.5. The van der Waals surface area contributed by atoms with Crippen LogP contribution in [0, 0.1) is 40.4 Å². The summed E-state index contributed by atoms with van der Waals surface area (Å²) in [6.07, 6.45) is 7.72. The fourth-order valence-electron chi connectivity index (χ4n) is 9.37. The fraction of sp³-hybridized carbons (Fsp3) is 0.897. The Bertz CT molecular complexity index is 872. The third kappa shape index (κ3) is 4.48. The van der Waals surface area contributed by atoms with Gasteiger partial charge in [0, 0.05) is 26.2 Å². The van der Waals surface area contributed by atoms with E-state index in [-0.39, 0.29) is 58.7 Å². The van der Waals surface area contributed by atoms with E-state index in [2.05, 4.69) is 20.8 Å². The smallest absolute Gasteiger partial charge is 0.305 e. The van der Waals surface area contributed by atoms with Gasteiger partial charge in [0.25, 0.3) is 0 Å². The highest BCUT2D eigenvalue weighted by Crippen LogP contribution is 2.69. The van der Waals surface area contributed by atoms with Crippen molar-refractivity contribution in [3.8, 4) is 0 Å². The lowest BCUT2D eigenvalue weighted by Crippen LogP contribution is -2.62. The second-order valence-corrected chi connectivity index (χ2v) is 12.8. The van der Waals surface area contributed by atoms with Gasteiger partial charge >= 0.3 is 17.9 Å². The van der Waals surface area contributed by atoms with Gasteiger partial charge in [-0.05, 0) is 92.3 Å². The van der Waals surface area contributed by atoms with Crippen molar-refractivity contribution in [2.24, 2.45) is 40.4 Å². The highest BCUT2D eigenvalue weighted by atomic mass is 16.5. The van der Waals surface area contributed by atoms with Crippen LogP contribution in [0.15, 0.2) is 0 Å². The molecule has 0 aromatic carbocycles. The number of esters is 3. The Kier molecular flexibility index (Phi) is 7.55. The number of rotatable bonds is 6. The Hall–Kier alpha value is -1.63. The van der Waals surface area contributed by atoms with E-state index in [1.54, 1.807) is 0 Å². The van der Waals surface area contributed by atoms with E-state index in [1.165, 1.54) is 21.0 Å². The summed E-state index contributed by atoms with van der Waals surface area (Å²) in [6.45, 7) is 9.69. The molecule has 0 saturated heterocycles. The van der Waals surface area contributed by atoms with Gasteiger partial charge < -0.3 is 19.3 Å². The van der Waals surface area contributed by atoms with Crippen LogP contribution in [0.1, 0.15) is 98.8 Å². The molecule has 1 N–H and O–H groups in total. The molecule has 0 aromatic rings. The van der Waals surface area contributed by atoms with E-state index in [0.717, 1.165) is 44.9 Å². The van der Waals surface area contributed by atoms with Crippen LogP contribution in [0.25, 0.3) is 0 Å². The third-order valence-electron chi connectivity index (χ3n) is 11.3. The minimum Gasteiger partial charge on any atom is -0.469 e. The summed E-state index contributed by atoms with van der Waals surface area (Å²) in [4.78, 5) is 35.7. The van der Waals surface area contributed by atoms with E-state index < -0.39 is 5.60 Å². The highest BCUT2D eigenvalue weighted by molar-refractivity contribution is 5.69. The standard InChI is InChI=1S/C29H46O7/c1-17(7-8-25(32)34-6)29(33)14-11-23-26-22(10-13-28(23,29)5)27(4)12-9-21(35-18(2)30)15-20(27)16-24(26)36-19(3)31/h17,20-24,26,33H,7-16H2,1-6H3/t17-,20+,21-,22+,23+,24-,26-,27+,28+,29+/m1/s1. The number of ether oxygens (including phenoxy) is 3. The van der Waals surface area contributed by atoms with Crippen LogP contribution in [-0.2, 0) is 28.6 Å². The fourth-order valence-corrected chi connectivity index (χ4v) is 9.37. The van der Waals surface area contributed by atoms with Crippen LogP contribution in [0.3, 0.4) is 0 Å². The Balaban J connectivity index is 1.61. The molecule has 0 aromatic heterocycles. The number of hydrogen-bond donors (Lipinski definition) is 1. The molecule has 204 valence electrons. The van der Waals surface area contributed by atoms with Crippen molar-refractivity contribution in [1.29, 1.82) is 0 Å². The minimum atomic E-state index is -0.859. The van der Waals surface area contributed by atoms with Gasteiger partial charge in [-0.1, -0.05) is 20.8 Å². The lowest BCUT2D eigenvalue weighted by molar-refractivity contribution is -0.212. The summed E-state index contributed by atoms with van der Waals surface area (Å²) in [7, 11) is 1.40. The zero-order valence-corrected chi connectivity index (χ0v) is 23.0. The molecule has 0 unspecified atom stereocenters. The maximum atomic E-state index is 12.2. The van der Waals surface area contributed by atoms with Gasteiger partial charge in [-0.25, -0.2) is 0 Å². The molecule has 7 heteroatoms. The Morgan fingerprint density at radius 3 is 2.25 bits per heavy atom. The van der Waals surface area contributed by atoms with Gasteiger partial charge in [0.1, 0.15) is 12.2 Å². The molecule has 0 aliphatic heterocycles. The van der Waals surface area contributed by atoms with Gasteiger partial charge in [0.2, 0.25) is 0 Å². The first-order valence-electron chi connectivity index (χ1n) is 14.0. The lowest BCUT2D eigenvalue weighted by Gasteiger charge is -2.63. The second kappa shape index (κ2) is 9.92. The number of carbonyl (C=O) groups is 3. The predicted molar refractivity (Wildman–Crippen MR) is 134 cm³/mol. The van der Waals surface area contributed by atoms with Crippen molar-refractivity contribution in [2.45, 2.75) is 117 Å². The molecular weight excluding hydrogens is 460 g/mol. The first kappa shape index (κ1) is 27.4. The molecule has 4 aliphatic carbocycles. The van der Waals surface area contributed by atoms with Crippen molar-refractivity contribution in [3.63, 3.8) is 0 Å². The molecule has 0 bridgehead atoms. The van der Waals surface area contributed by atoms with E-state index in [1.807, 2.05) is 0 Å². The van der Waals surface area contributed by atoms with Crippen molar-refractivity contribution in [3.05, 3.63) is 0 Å². The highest BCUT2D eigenvalue weighted by Gasteiger charge is 2.68. The molecule has 7 nitrogen and oxygen atoms in total. The molecule has 36 heavy (non-hydrogen) atoms. The summed E-state index contributed by atoms with van der Waals surface area (Å²) >= 11 is 0. The summed E-state index contributed by atoms with van der Waals surface area (Å²) in [5, 5.41) is 12.2. The number of methoxy groups -OCH3 is 1. The van der Waals surface area contributed by atoms with Crippen LogP contribution in [0.4, 0.5) is 0 Å². The normalized spacial score (nSPS) is 44.4. The van der Waals surface area contributed by atoms with Crippen molar-refractivity contribution < 1.29 is 33.7 Å². The van der Waals surface area contributed by atoms with Gasteiger partial charge in [-0.15, -0.1) is 0 Å². The average Bonchev–Trinajstić information content (AvgIpc) is 3.09. The largest absolute Gasteiger partial charge is 0.469 e. The van der Waals surface area contributed by atoms with Crippen LogP contribution >= 0.6 is 0 Å². The SMILES string of the molecule is COC(=O)CC[C@@H](C)[C@@]1(O)CC[C@H]2[C@@H]3[C@H](OC(C)=O)C[C@@H]4C[C@H](OC(C)=O)CC[C@]4(C)[C@H]3CC[C@@]21C. The van der Waals surface area contributed by atoms with Crippen LogP contribution in [-0.4, -0.2) is 47.9 Å². The number of aliphatic hydroxyl groups is 1. The summed E-state index contributed by atoms with van der Waals surface area (Å²) in [5.41, 5.74) is -1.04. The monoisotopic (exact) mass is 506 g/mol. The number of carbonyl (C=O) groups excluding carboxylic acids is 3. The van der Waals surface area contributed by atoms with E-state index in [4.69, 9.17) is 14.2 Å². The molecule has 4 aliphatic rings. The Morgan fingerprint density at radius 2 is 1.61 bits per heavy atom. The number of fused-ring (bicyclic) bond motifs is 5. The summed E-state index contributed by atoms with van der Waals surface area (Å²) in [5.74, 6) is 0.474. The van der Waals surface area contributed by atoms with Crippen LogP contribution in [0.5, 0.6) is 0 Å². The molecule has 4 saturated carbocycles. The van der Waals surface area contributed by atoms with Gasteiger partial charge in [-0.2, -0.15) is 0 Å². The quantitative estimate of drug-likeness (QED) is 0.407. The maximum Gasteiger partial charge on any atom is 0.305 e. The van der Waals surface area contributed by atoms with Crippen LogP contribution < -0.4 is 0 Å². The molecule has 4 rings (SSSR count). The zero-order chi connectivity index (χ0) is 26.5. The molecule has 4 fully saturated rings. The molecule has 10 atom stereocenters. The van der Waals surface area contributed by atoms with Crippen molar-refractivity contribution in [1.82, 2.24) is 0 Å². The molecule has 0 heterocycles. The Labute approximate surface area is 216 Å². The number of hydrogen-bond acceptors (Lipinski definition) is 7. The molecule has 0 amide bonds. The predicted octanol–water partition coefficient (Wildman–Crippen LogP) is 4.82. The average molecular weight is 507 g/mol. The summed E-state index contributed by atoms with van der Waals surface area (Å²) in [6, 6.07) is 0. The maximum absolute atomic E-state index is 12.2. The zero-order valence-electron chi connectivity index (χ0n) is 23.0. The first-order valence-corrected chi connectivity index (χ1v) is 14.0. The molecule has 0 spiro atoms. The van der Waals surface area contributed by atoms with Gasteiger partial charge in [0.05, 0.1) is 12.7 Å².